The van der Waals surface area contributed by atoms with Crippen molar-refractivity contribution in [2.45, 2.75) is 0 Å². The summed E-state index contributed by atoms with van der Waals surface area (Å²) in [5.41, 5.74) is -0.542. The van der Waals surface area contributed by atoms with Crippen molar-refractivity contribution >= 4 is 44.9 Å². The third-order valence-electron chi connectivity index (χ3n) is 4.08. The first-order valence-electron chi connectivity index (χ1n) is 8.80. The summed E-state index contributed by atoms with van der Waals surface area (Å²) in [4.78, 5) is 46.6. The smallest absolute Gasteiger partial charge is 0.337 e. The Labute approximate surface area is 182 Å². The lowest BCUT2D eigenvalue weighted by atomic mass is 10.1. The summed E-state index contributed by atoms with van der Waals surface area (Å²) < 4.78 is 34.4. The van der Waals surface area contributed by atoms with E-state index >= 15 is 0 Å². The fourth-order valence-electron chi connectivity index (χ4n) is 2.66. The Kier molecular flexibility index (Phi) is 7.49. The molecule has 0 saturated carbocycles. The van der Waals surface area contributed by atoms with E-state index in [0.717, 1.165) is 26.5 Å². The standard InChI is InChI=1S/C19H19N3O9S/c1-30-18(24)12-7-13(19(25)31-2)9-14(8-12)20-17(23)11-21(32(3,28)29)15-5-4-6-16(10-15)22(26)27/h4-10H,11H2,1-3H3,(H,20,23). The number of hydrogen-bond donors (Lipinski definition) is 1. The van der Waals surface area contributed by atoms with Crippen LogP contribution in [0.2, 0.25) is 0 Å². The van der Waals surface area contributed by atoms with Gasteiger partial charge in [0, 0.05) is 17.8 Å². The molecule has 0 aliphatic carbocycles. The molecule has 1 amide bonds. The molecular weight excluding hydrogens is 446 g/mol. The van der Waals surface area contributed by atoms with Gasteiger partial charge in [0.25, 0.3) is 5.69 Å². The predicted molar refractivity (Wildman–Crippen MR) is 113 cm³/mol. The van der Waals surface area contributed by atoms with E-state index in [2.05, 4.69) is 14.8 Å². The van der Waals surface area contributed by atoms with Crippen LogP contribution in [0.15, 0.2) is 42.5 Å². The molecule has 12 nitrogen and oxygen atoms in total. The summed E-state index contributed by atoms with van der Waals surface area (Å²) in [5.74, 6) is -2.39. The van der Waals surface area contributed by atoms with E-state index in [-0.39, 0.29) is 28.2 Å². The van der Waals surface area contributed by atoms with Gasteiger partial charge in [0.05, 0.1) is 42.2 Å². The highest BCUT2D eigenvalue weighted by molar-refractivity contribution is 7.92. The summed E-state index contributed by atoms with van der Waals surface area (Å²) in [5, 5.41) is 13.4. The van der Waals surface area contributed by atoms with Gasteiger partial charge in [-0.05, 0) is 24.3 Å². The molecule has 0 heterocycles. The van der Waals surface area contributed by atoms with Gasteiger partial charge in [0.2, 0.25) is 15.9 Å². The van der Waals surface area contributed by atoms with Crippen molar-refractivity contribution in [1.29, 1.82) is 0 Å². The maximum atomic E-state index is 12.6. The zero-order valence-electron chi connectivity index (χ0n) is 17.2. The molecule has 2 aromatic carbocycles. The number of sulfonamides is 1. The minimum atomic E-state index is -4.00. The van der Waals surface area contributed by atoms with E-state index in [9.17, 15) is 32.9 Å². The zero-order chi connectivity index (χ0) is 24.1. The molecule has 32 heavy (non-hydrogen) atoms. The molecule has 0 atom stereocenters. The second kappa shape index (κ2) is 9.87. The Morgan fingerprint density at radius 3 is 2.06 bits per heavy atom. The lowest BCUT2D eigenvalue weighted by molar-refractivity contribution is -0.384. The third-order valence-corrected chi connectivity index (χ3v) is 5.22. The number of nitro groups is 1. The number of nitrogens with zero attached hydrogens (tertiary/aromatic N) is 2. The number of amides is 1. The minimum absolute atomic E-state index is 0.00536. The first-order valence-corrected chi connectivity index (χ1v) is 10.6. The average Bonchev–Trinajstić information content (AvgIpc) is 2.75. The molecule has 13 heteroatoms. The first-order chi connectivity index (χ1) is 15.0. The van der Waals surface area contributed by atoms with Gasteiger partial charge in [-0.3, -0.25) is 19.2 Å². The van der Waals surface area contributed by atoms with Gasteiger partial charge in [0.15, 0.2) is 0 Å². The average molecular weight is 465 g/mol. The van der Waals surface area contributed by atoms with Gasteiger partial charge in [0.1, 0.15) is 6.54 Å². The van der Waals surface area contributed by atoms with Gasteiger partial charge in [-0.1, -0.05) is 6.07 Å². The molecule has 2 aromatic rings. The van der Waals surface area contributed by atoms with Gasteiger partial charge in [-0.25, -0.2) is 18.0 Å². The van der Waals surface area contributed by atoms with Crippen molar-refractivity contribution in [2.24, 2.45) is 0 Å². The third kappa shape index (κ3) is 6.01. The van der Waals surface area contributed by atoms with Crippen molar-refractivity contribution in [2.75, 3.05) is 36.6 Å². The predicted octanol–water partition coefficient (Wildman–Crippen LogP) is 1.57. The van der Waals surface area contributed by atoms with Crippen LogP contribution in [0.1, 0.15) is 20.7 Å². The van der Waals surface area contributed by atoms with Gasteiger partial charge in [-0.2, -0.15) is 0 Å². The highest BCUT2D eigenvalue weighted by atomic mass is 32.2. The minimum Gasteiger partial charge on any atom is -0.465 e. The van der Waals surface area contributed by atoms with E-state index < -0.39 is 39.3 Å². The summed E-state index contributed by atoms with van der Waals surface area (Å²) in [6.07, 6.45) is 0.840. The summed E-state index contributed by atoms with van der Waals surface area (Å²) in [6.45, 7) is -0.726. The Balaban J connectivity index is 2.36. The molecule has 0 radical (unpaired) electrons. The van der Waals surface area contributed by atoms with Gasteiger partial charge >= 0.3 is 11.9 Å². The van der Waals surface area contributed by atoms with Crippen molar-refractivity contribution in [1.82, 2.24) is 0 Å². The number of hydrogen-bond acceptors (Lipinski definition) is 9. The second-order valence-electron chi connectivity index (χ2n) is 6.38. The first kappa shape index (κ1) is 24.3. The van der Waals surface area contributed by atoms with Crippen LogP contribution in [0.4, 0.5) is 17.1 Å². The summed E-state index contributed by atoms with van der Waals surface area (Å²) in [6, 6.07) is 8.45. The van der Waals surface area contributed by atoms with Gasteiger partial charge < -0.3 is 14.8 Å². The maximum absolute atomic E-state index is 12.6. The molecule has 0 aliphatic rings. The SMILES string of the molecule is COC(=O)c1cc(NC(=O)CN(c2cccc([N+](=O)[O-])c2)S(C)(=O)=O)cc(C(=O)OC)c1. The van der Waals surface area contributed by atoms with Crippen LogP contribution in [0.25, 0.3) is 0 Å². The second-order valence-corrected chi connectivity index (χ2v) is 8.28. The van der Waals surface area contributed by atoms with Crippen LogP contribution in [0, 0.1) is 10.1 Å². The summed E-state index contributed by atoms with van der Waals surface area (Å²) in [7, 11) is -1.73. The lowest BCUT2D eigenvalue weighted by Crippen LogP contribution is -2.37. The number of carbonyl (C=O) groups excluding carboxylic acids is 3. The molecule has 2 rings (SSSR count). The Morgan fingerprint density at radius 1 is 1.03 bits per heavy atom. The highest BCUT2D eigenvalue weighted by Crippen LogP contribution is 2.23. The highest BCUT2D eigenvalue weighted by Gasteiger charge is 2.23. The molecule has 0 saturated heterocycles. The number of rotatable bonds is 8. The van der Waals surface area contributed by atoms with Crippen LogP contribution >= 0.6 is 0 Å². The molecule has 0 aromatic heterocycles. The Morgan fingerprint density at radius 2 is 1.59 bits per heavy atom. The van der Waals surface area contributed by atoms with Gasteiger partial charge in [-0.15, -0.1) is 0 Å². The van der Waals surface area contributed by atoms with E-state index in [1.165, 1.54) is 36.4 Å². The molecule has 0 fully saturated rings. The van der Waals surface area contributed by atoms with Crippen molar-refractivity contribution in [3.05, 3.63) is 63.7 Å². The number of benzene rings is 2. The molecule has 1 N–H and O–H groups in total. The molecule has 0 unspecified atom stereocenters. The molecular formula is C19H19N3O9S. The number of anilines is 2. The topological polar surface area (TPSA) is 162 Å². The summed E-state index contributed by atoms with van der Waals surface area (Å²) >= 11 is 0. The van der Waals surface area contributed by atoms with Crippen LogP contribution in [0.3, 0.4) is 0 Å². The van der Waals surface area contributed by atoms with Crippen LogP contribution < -0.4 is 9.62 Å². The number of esters is 2. The van der Waals surface area contributed by atoms with E-state index in [0.29, 0.717) is 4.31 Å². The van der Waals surface area contributed by atoms with Crippen LogP contribution in [-0.4, -0.2) is 58.2 Å². The fourth-order valence-corrected chi connectivity index (χ4v) is 3.51. The number of ether oxygens (including phenoxy) is 2. The maximum Gasteiger partial charge on any atom is 0.337 e. The zero-order valence-corrected chi connectivity index (χ0v) is 18.0. The van der Waals surface area contributed by atoms with Crippen LogP contribution in [0.5, 0.6) is 0 Å². The quantitative estimate of drug-likeness (QED) is 0.346. The molecule has 0 bridgehead atoms. The Hall–Kier alpha value is -4.00. The van der Waals surface area contributed by atoms with Crippen molar-refractivity contribution in [3.8, 4) is 0 Å². The van der Waals surface area contributed by atoms with E-state index in [1.807, 2.05) is 0 Å². The van der Waals surface area contributed by atoms with E-state index in [4.69, 9.17) is 0 Å². The molecule has 170 valence electrons. The van der Waals surface area contributed by atoms with Crippen molar-refractivity contribution in [3.63, 3.8) is 0 Å². The van der Waals surface area contributed by atoms with E-state index in [1.54, 1.807) is 0 Å². The fraction of sp³-hybridized carbons (Fsp3) is 0.211. The molecule has 0 aliphatic heterocycles. The normalized spacial score (nSPS) is 10.7. The Bertz CT molecular complexity index is 1140. The number of methoxy groups -OCH3 is 2. The monoisotopic (exact) mass is 465 g/mol. The number of nitrogens with one attached hydrogen (secondary N) is 1. The van der Waals surface area contributed by atoms with Crippen LogP contribution in [-0.2, 0) is 24.3 Å². The number of non-ortho nitro benzene ring substituents is 1. The van der Waals surface area contributed by atoms with Crippen molar-refractivity contribution < 1.29 is 37.2 Å². The number of carbonyl (C=O) groups is 3. The largest absolute Gasteiger partial charge is 0.465 e. The molecule has 0 spiro atoms. The number of nitro benzene ring substituents is 1. The lowest BCUT2D eigenvalue weighted by Gasteiger charge is -2.21.